The number of carbonyl (C=O) groups excluding carboxylic acids is 2. The van der Waals surface area contributed by atoms with Crippen LogP contribution in [0.25, 0.3) is 0 Å². The molecule has 0 aliphatic heterocycles. The normalized spacial score (nSPS) is 12.1. The fraction of sp³-hybridized carbons (Fsp3) is 0.857. The third-order valence-electron chi connectivity index (χ3n) is 3.45. The van der Waals surface area contributed by atoms with Crippen LogP contribution in [0.5, 0.6) is 0 Å². The fourth-order valence-corrected chi connectivity index (χ4v) is 2.12. The van der Waals surface area contributed by atoms with E-state index in [0.29, 0.717) is 32.6 Å². The third kappa shape index (κ3) is 4.67. The van der Waals surface area contributed by atoms with Crippen LogP contribution < -0.4 is 0 Å². The molecule has 106 valence electrons. The monoisotopic (exact) mass is 256 g/mol. The van der Waals surface area contributed by atoms with E-state index >= 15 is 0 Å². The van der Waals surface area contributed by atoms with Crippen molar-refractivity contribution in [3.05, 3.63) is 0 Å². The van der Waals surface area contributed by atoms with Crippen molar-refractivity contribution in [3.63, 3.8) is 0 Å². The molecular formula is C14H28N2O2. The van der Waals surface area contributed by atoms with E-state index in [1.807, 2.05) is 39.5 Å². The quantitative estimate of drug-likeness (QED) is 0.667. The molecular weight excluding hydrogens is 228 g/mol. The average molecular weight is 256 g/mol. The Bertz CT molecular complexity index is 259. The van der Waals surface area contributed by atoms with E-state index in [-0.39, 0.29) is 17.7 Å². The highest BCUT2D eigenvalue weighted by Crippen LogP contribution is 2.14. The van der Waals surface area contributed by atoms with Crippen molar-refractivity contribution in [1.82, 2.24) is 9.80 Å². The maximum Gasteiger partial charge on any atom is 0.226 e. The van der Waals surface area contributed by atoms with Gasteiger partial charge in [0.1, 0.15) is 0 Å². The Morgan fingerprint density at radius 1 is 0.833 bits per heavy atom. The molecule has 2 amide bonds. The first kappa shape index (κ1) is 16.9. The summed E-state index contributed by atoms with van der Waals surface area (Å²) in [7, 11) is 0. The minimum Gasteiger partial charge on any atom is -0.343 e. The molecule has 0 saturated heterocycles. The van der Waals surface area contributed by atoms with Gasteiger partial charge in [0, 0.05) is 38.5 Å². The summed E-state index contributed by atoms with van der Waals surface area (Å²) in [5.41, 5.74) is 0. The van der Waals surface area contributed by atoms with E-state index in [1.165, 1.54) is 0 Å². The van der Waals surface area contributed by atoms with Gasteiger partial charge in [-0.05, 0) is 34.1 Å². The van der Waals surface area contributed by atoms with Crippen LogP contribution in [0, 0.1) is 5.92 Å². The second-order valence-electron chi connectivity index (χ2n) is 4.39. The maximum atomic E-state index is 12.2. The molecule has 4 heteroatoms. The zero-order chi connectivity index (χ0) is 14.1. The van der Waals surface area contributed by atoms with Gasteiger partial charge in [-0.15, -0.1) is 0 Å². The molecule has 0 radical (unpaired) electrons. The summed E-state index contributed by atoms with van der Waals surface area (Å²) < 4.78 is 0. The number of amides is 2. The van der Waals surface area contributed by atoms with Gasteiger partial charge in [0.2, 0.25) is 11.8 Å². The number of hydrogen-bond donors (Lipinski definition) is 0. The highest BCUT2D eigenvalue weighted by atomic mass is 16.2. The van der Waals surface area contributed by atoms with Gasteiger partial charge in [0.05, 0.1) is 0 Å². The Balaban J connectivity index is 4.60. The summed E-state index contributed by atoms with van der Waals surface area (Å²) in [4.78, 5) is 27.9. The molecule has 0 aliphatic carbocycles. The Hall–Kier alpha value is -1.06. The first-order valence-corrected chi connectivity index (χ1v) is 7.11. The van der Waals surface area contributed by atoms with Gasteiger partial charge >= 0.3 is 0 Å². The Kier molecular flexibility index (Phi) is 8.42. The SMILES string of the molecule is CCC(CC(=O)N(CC)CC)C(=O)N(CC)CC. The second-order valence-corrected chi connectivity index (χ2v) is 4.39. The van der Waals surface area contributed by atoms with Gasteiger partial charge in [-0.1, -0.05) is 6.92 Å². The fourth-order valence-electron chi connectivity index (χ4n) is 2.12. The topological polar surface area (TPSA) is 40.6 Å². The van der Waals surface area contributed by atoms with Gasteiger partial charge in [0.15, 0.2) is 0 Å². The summed E-state index contributed by atoms with van der Waals surface area (Å²) >= 11 is 0. The van der Waals surface area contributed by atoms with Crippen LogP contribution in [0.1, 0.15) is 47.5 Å². The van der Waals surface area contributed by atoms with E-state index in [1.54, 1.807) is 4.90 Å². The highest BCUT2D eigenvalue weighted by molar-refractivity contribution is 5.85. The van der Waals surface area contributed by atoms with E-state index < -0.39 is 0 Å². The minimum atomic E-state index is -0.169. The standard InChI is InChI=1S/C14H28N2O2/c1-6-12(14(18)16(9-4)10-5)11-13(17)15(7-2)8-3/h12H,6-11H2,1-5H3. The van der Waals surface area contributed by atoms with Crippen molar-refractivity contribution in [2.75, 3.05) is 26.2 Å². The van der Waals surface area contributed by atoms with E-state index in [2.05, 4.69) is 0 Å². The van der Waals surface area contributed by atoms with Crippen LogP contribution in [-0.2, 0) is 9.59 Å². The molecule has 0 aromatic heterocycles. The van der Waals surface area contributed by atoms with Gasteiger partial charge in [0.25, 0.3) is 0 Å². The number of nitrogens with zero attached hydrogens (tertiary/aromatic N) is 2. The van der Waals surface area contributed by atoms with Gasteiger partial charge < -0.3 is 9.80 Å². The number of carbonyl (C=O) groups is 2. The van der Waals surface area contributed by atoms with Gasteiger partial charge in [-0.3, -0.25) is 9.59 Å². The molecule has 4 nitrogen and oxygen atoms in total. The van der Waals surface area contributed by atoms with Crippen molar-refractivity contribution >= 4 is 11.8 Å². The Morgan fingerprint density at radius 2 is 1.28 bits per heavy atom. The first-order chi connectivity index (χ1) is 8.55. The molecule has 0 heterocycles. The predicted molar refractivity (Wildman–Crippen MR) is 74.3 cm³/mol. The maximum absolute atomic E-state index is 12.2. The van der Waals surface area contributed by atoms with E-state index in [9.17, 15) is 9.59 Å². The highest BCUT2D eigenvalue weighted by Gasteiger charge is 2.25. The van der Waals surface area contributed by atoms with Crippen molar-refractivity contribution in [2.24, 2.45) is 5.92 Å². The van der Waals surface area contributed by atoms with Crippen molar-refractivity contribution < 1.29 is 9.59 Å². The third-order valence-corrected chi connectivity index (χ3v) is 3.45. The van der Waals surface area contributed by atoms with Crippen molar-refractivity contribution in [1.29, 1.82) is 0 Å². The summed E-state index contributed by atoms with van der Waals surface area (Å²) in [5.74, 6) is 0.0355. The van der Waals surface area contributed by atoms with Crippen LogP contribution in [0.4, 0.5) is 0 Å². The predicted octanol–water partition coefficient (Wildman–Crippen LogP) is 2.14. The lowest BCUT2D eigenvalue weighted by atomic mass is 9.99. The molecule has 0 aromatic carbocycles. The lowest BCUT2D eigenvalue weighted by Gasteiger charge is -2.26. The zero-order valence-electron chi connectivity index (χ0n) is 12.5. The van der Waals surface area contributed by atoms with Gasteiger partial charge in [-0.25, -0.2) is 0 Å². The van der Waals surface area contributed by atoms with Crippen LogP contribution in [0.3, 0.4) is 0 Å². The summed E-state index contributed by atoms with van der Waals surface area (Å²) in [6, 6.07) is 0. The molecule has 0 N–H and O–H groups in total. The summed E-state index contributed by atoms with van der Waals surface area (Å²) in [6.45, 7) is 12.7. The Labute approximate surface area is 111 Å². The van der Waals surface area contributed by atoms with Crippen molar-refractivity contribution in [3.8, 4) is 0 Å². The molecule has 0 fully saturated rings. The van der Waals surface area contributed by atoms with Crippen LogP contribution in [-0.4, -0.2) is 47.8 Å². The molecule has 0 aromatic rings. The van der Waals surface area contributed by atoms with Crippen LogP contribution in [0.2, 0.25) is 0 Å². The van der Waals surface area contributed by atoms with Crippen LogP contribution in [0.15, 0.2) is 0 Å². The number of rotatable bonds is 8. The molecule has 0 bridgehead atoms. The van der Waals surface area contributed by atoms with Gasteiger partial charge in [-0.2, -0.15) is 0 Å². The summed E-state index contributed by atoms with van der Waals surface area (Å²) in [6.07, 6.45) is 1.07. The molecule has 0 rings (SSSR count). The minimum absolute atomic E-state index is 0.0901. The Morgan fingerprint density at radius 3 is 1.61 bits per heavy atom. The smallest absolute Gasteiger partial charge is 0.226 e. The molecule has 0 aliphatic rings. The first-order valence-electron chi connectivity index (χ1n) is 7.11. The lowest BCUT2D eigenvalue weighted by Crippen LogP contribution is -2.39. The second kappa shape index (κ2) is 8.95. The molecule has 1 unspecified atom stereocenters. The number of hydrogen-bond acceptors (Lipinski definition) is 2. The summed E-state index contributed by atoms with van der Waals surface area (Å²) in [5, 5.41) is 0. The van der Waals surface area contributed by atoms with E-state index in [0.717, 1.165) is 6.42 Å². The largest absolute Gasteiger partial charge is 0.343 e. The average Bonchev–Trinajstić information content (AvgIpc) is 2.38. The molecule has 18 heavy (non-hydrogen) atoms. The molecule has 1 atom stereocenters. The zero-order valence-corrected chi connectivity index (χ0v) is 12.5. The molecule has 0 spiro atoms. The lowest BCUT2D eigenvalue weighted by molar-refractivity contribution is -0.141. The molecule has 0 saturated carbocycles. The van der Waals surface area contributed by atoms with Crippen molar-refractivity contribution in [2.45, 2.75) is 47.5 Å². The van der Waals surface area contributed by atoms with Crippen LogP contribution >= 0.6 is 0 Å². The van der Waals surface area contributed by atoms with E-state index in [4.69, 9.17) is 0 Å².